The molecule has 0 spiro atoms. The topological polar surface area (TPSA) is 104 Å². The van der Waals surface area contributed by atoms with Gasteiger partial charge in [0.15, 0.2) is 9.84 Å². The first-order valence-corrected chi connectivity index (χ1v) is 9.32. The molecule has 0 radical (unpaired) electrons. The normalized spacial score (nSPS) is 12.4. The van der Waals surface area contributed by atoms with Crippen molar-refractivity contribution in [2.75, 3.05) is 6.26 Å². The number of hydrogen-bond donors (Lipinski definition) is 0. The lowest BCUT2D eigenvalue weighted by molar-refractivity contribution is -0.387. The van der Waals surface area contributed by atoms with Crippen LogP contribution in [0.25, 0.3) is 0 Å². The largest absolute Gasteiger partial charge is 0.454 e. The van der Waals surface area contributed by atoms with Gasteiger partial charge in [0.2, 0.25) is 0 Å². The zero-order valence-electron chi connectivity index (χ0n) is 13.3. The van der Waals surface area contributed by atoms with Gasteiger partial charge in [-0.15, -0.1) is 0 Å². The highest BCUT2D eigenvalue weighted by Crippen LogP contribution is 2.28. The predicted molar refractivity (Wildman–Crippen MR) is 91.5 cm³/mol. The van der Waals surface area contributed by atoms with Crippen LogP contribution in [-0.2, 0) is 14.6 Å². The van der Waals surface area contributed by atoms with Crippen LogP contribution in [0.3, 0.4) is 0 Å². The highest BCUT2D eigenvalue weighted by molar-refractivity contribution is 7.90. The fourth-order valence-electron chi connectivity index (χ4n) is 2.20. The van der Waals surface area contributed by atoms with E-state index in [2.05, 4.69) is 0 Å². The lowest BCUT2D eigenvalue weighted by Gasteiger charge is -2.15. The summed E-state index contributed by atoms with van der Waals surface area (Å²) in [7, 11) is -3.80. The molecule has 2 rings (SSSR count). The van der Waals surface area contributed by atoms with Gasteiger partial charge in [-0.2, -0.15) is 0 Å². The second-order valence-electron chi connectivity index (χ2n) is 5.28. The third-order valence-electron chi connectivity index (χ3n) is 3.42. The number of nitro groups is 1. The van der Waals surface area contributed by atoms with Gasteiger partial charge in [-0.05, 0) is 25.1 Å². The molecule has 0 aliphatic rings. The smallest absolute Gasteiger partial charge is 0.338 e. The van der Waals surface area contributed by atoms with E-state index >= 15 is 0 Å². The maximum absolute atomic E-state index is 12.2. The number of ether oxygens (including phenoxy) is 1. The Morgan fingerprint density at radius 1 is 1.24 bits per heavy atom. The Morgan fingerprint density at radius 3 is 2.44 bits per heavy atom. The fraction of sp³-hybridized carbons (Fsp3) is 0.188. The maximum atomic E-state index is 12.2. The molecule has 0 heterocycles. The summed E-state index contributed by atoms with van der Waals surface area (Å²) in [5.41, 5.74) is -0.222. The number of carbonyl (C=O) groups excluding carboxylic acids is 1. The number of rotatable bonds is 5. The summed E-state index contributed by atoms with van der Waals surface area (Å²) in [5, 5.41) is 11.5. The molecule has 0 unspecified atom stereocenters. The molecule has 0 N–H and O–H groups in total. The van der Waals surface area contributed by atoms with Crippen LogP contribution >= 0.6 is 11.6 Å². The van der Waals surface area contributed by atoms with Crippen molar-refractivity contribution in [3.05, 3.63) is 68.7 Å². The Kier molecular flexibility index (Phi) is 5.44. The summed E-state index contributed by atoms with van der Waals surface area (Å²) < 4.78 is 28.5. The minimum atomic E-state index is -3.80. The van der Waals surface area contributed by atoms with Gasteiger partial charge < -0.3 is 4.74 Å². The molecule has 1 atom stereocenters. The zero-order valence-corrected chi connectivity index (χ0v) is 14.9. The van der Waals surface area contributed by atoms with Crippen LogP contribution in [0.2, 0.25) is 5.02 Å². The van der Waals surface area contributed by atoms with Crippen LogP contribution in [0.1, 0.15) is 28.9 Å². The Morgan fingerprint density at radius 2 is 1.88 bits per heavy atom. The summed E-state index contributed by atoms with van der Waals surface area (Å²) in [6, 6.07) is 9.88. The number of hydrogen-bond acceptors (Lipinski definition) is 6. The van der Waals surface area contributed by atoms with Crippen LogP contribution in [0.5, 0.6) is 0 Å². The van der Waals surface area contributed by atoms with Gasteiger partial charge in [0.25, 0.3) is 5.69 Å². The Hall–Kier alpha value is -2.45. The van der Waals surface area contributed by atoms with Crippen molar-refractivity contribution in [2.24, 2.45) is 0 Å². The number of carbonyl (C=O) groups is 1. The van der Waals surface area contributed by atoms with Gasteiger partial charge >= 0.3 is 5.97 Å². The van der Waals surface area contributed by atoms with Gasteiger partial charge in [-0.1, -0.05) is 29.8 Å². The molecule has 0 amide bonds. The van der Waals surface area contributed by atoms with Crippen LogP contribution in [0, 0.1) is 10.1 Å². The molecule has 0 aliphatic carbocycles. The standard InChI is InChI=1S/C16H14ClNO6S/c1-10(12-5-3-4-6-13(12)17)24-16(19)11-7-8-15(25(2,22)23)14(9-11)18(20)21/h3-10H,1-2H3/t10-/m1/s1. The molecule has 132 valence electrons. The van der Waals surface area contributed by atoms with Crippen LogP contribution in [0.4, 0.5) is 5.69 Å². The van der Waals surface area contributed by atoms with Gasteiger partial charge in [0.1, 0.15) is 11.0 Å². The molecule has 0 saturated heterocycles. The lowest BCUT2D eigenvalue weighted by atomic mass is 10.1. The highest BCUT2D eigenvalue weighted by Gasteiger charge is 2.25. The second-order valence-corrected chi connectivity index (χ2v) is 7.67. The molecule has 7 nitrogen and oxygen atoms in total. The maximum Gasteiger partial charge on any atom is 0.338 e. The third kappa shape index (κ3) is 4.34. The average Bonchev–Trinajstić information content (AvgIpc) is 2.53. The van der Waals surface area contributed by atoms with Crippen LogP contribution in [-0.4, -0.2) is 25.6 Å². The molecule has 25 heavy (non-hydrogen) atoms. The molecule has 0 bridgehead atoms. The Bertz CT molecular complexity index is 941. The van der Waals surface area contributed by atoms with E-state index in [0.717, 1.165) is 18.4 Å². The molecule has 2 aromatic carbocycles. The lowest BCUT2D eigenvalue weighted by Crippen LogP contribution is -2.11. The van der Waals surface area contributed by atoms with Crippen molar-refractivity contribution in [1.82, 2.24) is 0 Å². The third-order valence-corrected chi connectivity index (χ3v) is 4.91. The summed E-state index contributed by atoms with van der Waals surface area (Å²) in [5.74, 6) is -0.824. The van der Waals surface area contributed by atoms with E-state index in [9.17, 15) is 23.3 Å². The minimum absolute atomic E-state index is 0.127. The molecule has 2 aromatic rings. The quantitative estimate of drug-likeness (QED) is 0.444. The van der Waals surface area contributed by atoms with Crippen LogP contribution in [0.15, 0.2) is 47.4 Å². The molecular weight excluding hydrogens is 370 g/mol. The molecule has 9 heteroatoms. The van der Waals surface area contributed by atoms with E-state index in [1.807, 2.05) is 0 Å². The van der Waals surface area contributed by atoms with Crippen molar-refractivity contribution >= 4 is 33.1 Å². The van der Waals surface area contributed by atoms with Crippen LogP contribution < -0.4 is 0 Å². The number of nitrogens with zero attached hydrogens (tertiary/aromatic N) is 1. The molecule has 0 saturated carbocycles. The number of nitro benzene ring substituents is 1. The van der Waals surface area contributed by atoms with Gasteiger partial charge in [0, 0.05) is 22.9 Å². The van der Waals surface area contributed by atoms with Crippen molar-refractivity contribution in [2.45, 2.75) is 17.9 Å². The summed E-state index contributed by atoms with van der Waals surface area (Å²) in [6.45, 7) is 1.61. The van der Waals surface area contributed by atoms with Gasteiger partial charge in [-0.25, -0.2) is 13.2 Å². The van der Waals surface area contributed by atoms with E-state index in [-0.39, 0.29) is 5.56 Å². The minimum Gasteiger partial charge on any atom is -0.454 e. The summed E-state index contributed by atoms with van der Waals surface area (Å²) in [6.07, 6.45) is 0.169. The van der Waals surface area contributed by atoms with Crippen molar-refractivity contribution in [3.63, 3.8) is 0 Å². The van der Waals surface area contributed by atoms with E-state index < -0.39 is 37.4 Å². The first-order chi connectivity index (χ1) is 11.6. The first kappa shape index (κ1) is 18.9. The number of sulfone groups is 1. The fourth-order valence-corrected chi connectivity index (χ4v) is 3.32. The van der Waals surface area contributed by atoms with Gasteiger partial charge in [-0.3, -0.25) is 10.1 Å². The van der Waals surface area contributed by atoms with Crippen molar-refractivity contribution in [3.8, 4) is 0 Å². The van der Waals surface area contributed by atoms with Gasteiger partial charge in [0.05, 0.1) is 10.5 Å². The number of esters is 1. The molecular formula is C16H14ClNO6S. The van der Waals surface area contributed by atoms with E-state index in [1.165, 1.54) is 6.07 Å². The SMILES string of the molecule is C[C@@H](OC(=O)c1ccc(S(C)(=O)=O)c([N+](=O)[O-])c1)c1ccccc1Cl. The monoisotopic (exact) mass is 383 g/mol. The Balaban J connectivity index is 2.33. The highest BCUT2D eigenvalue weighted by atomic mass is 35.5. The zero-order chi connectivity index (χ0) is 18.8. The van der Waals surface area contributed by atoms with E-state index in [0.29, 0.717) is 10.6 Å². The molecule has 0 aromatic heterocycles. The van der Waals surface area contributed by atoms with Crippen molar-refractivity contribution < 1.29 is 22.9 Å². The average molecular weight is 384 g/mol. The first-order valence-electron chi connectivity index (χ1n) is 7.05. The Labute approximate surface area is 149 Å². The summed E-state index contributed by atoms with van der Waals surface area (Å²) >= 11 is 6.04. The molecule has 0 aliphatic heterocycles. The number of benzene rings is 2. The van der Waals surface area contributed by atoms with Crippen molar-refractivity contribution in [1.29, 1.82) is 0 Å². The number of halogens is 1. The predicted octanol–water partition coefficient (Wildman–Crippen LogP) is 3.57. The summed E-state index contributed by atoms with van der Waals surface area (Å²) in [4.78, 5) is 22.0. The molecule has 0 fully saturated rings. The second kappa shape index (κ2) is 7.20. The van der Waals surface area contributed by atoms with E-state index in [4.69, 9.17) is 16.3 Å². The van der Waals surface area contributed by atoms with E-state index in [1.54, 1.807) is 31.2 Å².